The Bertz CT molecular complexity index is 1530. The molecule has 22 aliphatic heterocycles. The van der Waals surface area contributed by atoms with Crippen molar-refractivity contribution in [2.45, 2.75) is 191 Å². The second kappa shape index (κ2) is 22.7. The van der Waals surface area contributed by atoms with Gasteiger partial charge in [0, 0.05) is 6.61 Å². The third kappa shape index (κ3) is 10.5. The second-order valence-electron chi connectivity index (χ2n) is 17.2. The summed E-state index contributed by atoms with van der Waals surface area (Å²) >= 11 is 0. The Labute approximate surface area is 378 Å². The van der Waals surface area contributed by atoms with Gasteiger partial charge in [0.15, 0.2) is 37.7 Å². The first kappa shape index (κ1) is 53.6. The normalized spacial score (nSPS) is 54.7. The van der Waals surface area contributed by atoms with Crippen LogP contribution in [0.2, 0.25) is 0 Å². The SMILES string of the molecule is OCC[C@H]1OC2O[C@H]3[C@H](O)C(O)C(OC4[C@H](O)C(O)C(OC5[C@@H](CO)OC(O[C@H]6[C@H](O)C(O)C(OC7[C@H](O)C(O)C(OC1[C@H](O)[C@H]2O)O[C@@H]7CO)O[C@@H]6CO)[C@H](O)[C@H]5O)O[C@@H]4CO)O[C@@H]3CO. The van der Waals surface area contributed by atoms with Crippen LogP contribution in [0.3, 0.4) is 0 Å². The number of hydrogen-bond donors (Lipinski definition) is 18. The minimum absolute atomic E-state index is 0.374. The van der Waals surface area contributed by atoms with Crippen LogP contribution in [-0.2, 0) is 56.8 Å². The fourth-order valence-electron chi connectivity index (χ4n) is 9.14. The molecule has 0 amide bonds. The van der Waals surface area contributed by atoms with E-state index in [9.17, 15) is 91.9 Å². The first-order valence-corrected chi connectivity index (χ1v) is 21.6. The zero-order valence-electron chi connectivity index (χ0n) is 35.2. The molecule has 30 atom stereocenters. The Kier molecular flexibility index (Phi) is 18.2. The van der Waals surface area contributed by atoms with E-state index in [1.165, 1.54) is 0 Å². The summed E-state index contributed by atoms with van der Waals surface area (Å²) in [6, 6.07) is 0. The van der Waals surface area contributed by atoms with E-state index in [-0.39, 0.29) is 6.42 Å². The zero-order chi connectivity index (χ0) is 48.8. The van der Waals surface area contributed by atoms with E-state index in [0.29, 0.717) is 0 Å². The van der Waals surface area contributed by atoms with Crippen molar-refractivity contribution in [1.82, 2.24) is 0 Å². The van der Waals surface area contributed by atoms with E-state index in [0.717, 1.165) is 0 Å². The van der Waals surface area contributed by atoms with Gasteiger partial charge in [-0.15, -0.1) is 0 Å². The summed E-state index contributed by atoms with van der Waals surface area (Å²) in [5, 5.41) is 196. The largest absolute Gasteiger partial charge is 0.396 e. The Morgan fingerprint density at radius 3 is 0.537 bits per heavy atom. The molecule has 12 bridgehead atoms. The van der Waals surface area contributed by atoms with Crippen LogP contribution in [0, 0.1) is 0 Å². The standard InChI is InChI=1S/C37H62O30/c38-2-1-8-26-14(44)20(50)32(56-8)63-27-9(3-39)58-34(22(52)16(27)46)65-29-11(5-41)60-36(24(54)18(29)48)67-31-13(7-43)61-37(25(55)19(31)49)66-30-12(6-42)59-35(23(53)17(30)47)64-28-10(4-40)57-33(62-26)21(51)15(28)45/h8-55H,1-7H2/t8-,9-,10-,11-,12-,13-,14-,15-,16-,17-,18-,19-,20-,21?,22?,23?,24?,25-,26?,27-,28?,29?,30-,31?,32?,33?,34?,35?,36?,37?/m1/s1. The molecular formula is C37H62O30. The predicted octanol–water partition coefficient (Wildman–Crippen LogP) is -12.7. The summed E-state index contributed by atoms with van der Waals surface area (Å²) in [6.45, 7) is -5.62. The molecule has 0 aromatic carbocycles. The van der Waals surface area contributed by atoms with Gasteiger partial charge in [0.05, 0.1) is 39.1 Å². The van der Waals surface area contributed by atoms with Crippen LogP contribution in [0.5, 0.6) is 0 Å². The highest BCUT2D eigenvalue weighted by molar-refractivity contribution is 5.01. The molecule has 22 fully saturated rings. The van der Waals surface area contributed by atoms with Crippen LogP contribution in [0.1, 0.15) is 6.42 Å². The van der Waals surface area contributed by atoms with E-state index in [1.807, 2.05) is 0 Å². The van der Waals surface area contributed by atoms with Crippen LogP contribution < -0.4 is 0 Å². The lowest BCUT2D eigenvalue weighted by atomic mass is 9.94. The fourth-order valence-corrected chi connectivity index (χ4v) is 9.14. The van der Waals surface area contributed by atoms with Gasteiger partial charge in [0.1, 0.15) is 140 Å². The van der Waals surface area contributed by atoms with Crippen molar-refractivity contribution in [3.8, 4) is 0 Å². The molecule has 22 aliphatic rings. The maximum atomic E-state index is 11.3. The molecule has 390 valence electrons. The van der Waals surface area contributed by atoms with Crippen LogP contribution in [0.25, 0.3) is 0 Å². The summed E-state index contributed by atoms with van der Waals surface area (Å²) in [6.07, 6.45) is -58.2. The Morgan fingerprint density at radius 1 is 0.209 bits per heavy atom. The Balaban J connectivity index is 1.20. The van der Waals surface area contributed by atoms with Crippen molar-refractivity contribution < 1.29 is 149 Å². The monoisotopic (exact) mass is 986 g/mol. The summed E-state index contributed by atoms with van der Waals surface area (Å²) < 4.78 is 68.4. The molecule has 0 radical (unpaired) electrons. The van der Waals surface area contributed by atoms with E-state index in [4.69, 9.17) is 56.8 Å². The molecule has 30 nitrogen and oxygen atoms in total. The number of hydrogen-bond acceptors (Lipinski definition) is 30. The highest BCUT2D eigenvalue weighted by atomic mass is 16.8. The van der Waals surface area contributed by atoms with Crippen molar-refractivity contribution in [3.05, 3.63) is 0 Å². The van der Waals surface area contributed by atoms with E-state index >= 15 is 0 Å². The molecule has 0 aromatic heterocycles. The molecule has 18 N–H and O–H groups in total. The fraction of sp³-hybridized carbons (Fsp3) is 1.00. The van der Waals surface area contributed by atoms with Gasteiger partial charge < -0.3 is 149 Å². The molecule has 22 rings (SSSR count). The topological polar surface area (TPSA) is 475 Å². The lowest BCUT2D eigenvalue weighted by Crippen LogP contribution is -2.69. The number of rotatable bonds is 7. The van der Waals surface area contributed by atoms with Gasteiger partial charge >= 0.3 is 0 Å². The minimum Gasteiger partial charge on any atom is -0.396 e. The molecule has 14 unspecified atom stereocenters. The molecule has 0 aromatic rings. The van der Waals surface area contributed by atoms with Gasteiger partial charge in [-0.2, -0.15) is 0 Å². The van der Waals surface area contributed by atoms with E-state index < -0.39 is 224 Å². The highest BCUT2D eigenvalue weighted by Gasteiger charge is 2.58. The van der Waals surface area contributed by atoms with Gasteiger partial charge in [-0.1, -0.05) is 0 Å². The zero-order valence-corrected chi connectivity index (χ0v) is 35.2. The Hall–Kier alpha value is -1.20. The van der Waals surface area contributed by atoms with Gasteiger partial charge in [-0.25, -0.2) is 0 Å². The summed E-state index contributed by atoms with van der Waals surface area (Å²) in [7, 11) is 0. The van der Waals surface area contributed by atoms with Crippen molar-refractivity contribution in [1.29, 1.82) is 0 Å². The van der Waals surface area contributed by atoms with Crippen molar-refractivity contribution in [3.63, 3.8) is 0 Å². The molecule has 30 heteroatoms. The lowest BCUT2D eigenvalue weighted by Gasteiger charge is -2.50. The third-order valence-electron chi connectivity index (χ3n) is 12.9. The average molecular weight is 987 g/mol. The molecule has 0 aliphatic carbocycles. The van der Waals surface area contributed by atoms with Gasteiger partial charge in [0.25, 0.3) is 0 Å². The third-order valence-corrected chi connectivity index (χ3v) is 12.9. The smallest absolute Gasteiger partial charge is 0.187 e. The van der Waals surface area contributed by atoms with Gasteiger partial charge in [0.2, 0.25) is 0 Å². The molecule has 22 heterocycles. The molecular weight excluding hydrogens is 924 g/mol. The summed E-state index contributed by atoms with van der Waals surface area (Å²) in [5.41, 5.74) is 0. The van der Waals surface area contributed by atoms with Crippen LogP contribution in [0.4, 0.5) is 0 Å². The molecule has 0 saturated carbocycles. The first-order valence-electron chi connectivity index (χ1n) is 21.6. The van der Waals surface area contributed by atoms with Crippen LogP contribution in [-0.4, -0.2) is 316 Å². The van der Waals surface area contributed by atoms with Crippen LogP contribution >= 0.6 is 0 Å². The first-order chi connectivity index (χ1) is 31.9. The van der Waals surface area contributed by atoms with Crippen molar-refractivity contribution in [2.24, 2.45) is 0 Å². The van der Waals surface area contributed by atoms with E-state index in [1.54, 1.807) is 0 Å². The Morgan fingerprint density at radius 2 is 0.373 bits per heavy atom. The highest BCUT2D eigenvalue weighted by Crippen LogP contribution is 2.38. The van der Waals surface area contributed by atoms with Gasteiger partial charge in [-0.3, -0.25) is 0 Å². The summed E-state index contributed by atoms with van der Waals surface area (Å²) in [5.74, 6) is 0. The molecule has 22 saturated heterocycles. The van der Waals surface area contributed by atoms with Gasteiger partial charge in [-0.05, 0) is 6.42 Å². The lowest BCUT2D eigenvalue weighted by molar-refractivity contribution is -0.403. The number of aliphatic hydroxyl groups excluding tert-OH is 18. The molecule has 0 spiro atoms. The average Bonchev–Trinajstić information content (AvgIpc) is 3.32. The van der Waals surface area contributed by atoms with Crippen molar-refractivity contribution in [2.75, 3.05) is 39.6 Å². The quantitative estimate of drug-likeness (QED) is 0.113. The minimum atomic E-state index is -2.15. The summed E-state index contributed by atoms with van der Waals surface area (Å²) in [4.78, 5) is 0. The second-order valence-corrected chi connectivity index (χ2v) is 17.2. The predicted molar refractivity (Wildman–Crippen MR) is 200 cm³/mol. The number of aliphatic hydroxyl groups is 18. The molecule has 67 heavy (non-hydrogen) atoms. The maximum absolute atomic E-state index is 11.3. The van der Waals surface area contributed by atoms with E-state index in [2.05, 4.69) is 0 Å². The number of ether oxygens (including phenoxy) is 12. The van der Waals surface area contributed by atoms with Crippen molar-refractivity contribution >= 4 is 0 Å². The maximum Gasteiger partial charge on any atom is 0.187 e. The van der Waals surface area contributed by atoms with Crippen LogP contribution in [0.15, 0.2) is 0 Å².